The van der Waals surface area contributed by atoms with Gasteiger partial charge in [-0.05, 0) is 30.9 Å². The van der Waals surface area contributed by atoms with E-state index in [1.54, 1.807) is 0 Å². The molecular formula is C13H15Cl2NO4S. The number of sulfonamides is 1. The van der Waals surface area contributed by atoms with E-state index in [-0.39, 0.29) is 21.0 Å². The van der Waals surface area contributed by atoms with Crippen LogP contribution in [-0.2, 0) is 10.0 Å². The quantitative estimate of drug-likeness (QED) is 0.824. The first kappa shape index (κ1) is 16.5. The predicted octanol–water partition coefficient (Wildman–Crippen LogP) is 3.16. The van der Waals surface area contributed by atoms with Crippen LogP contribution in [0.5, 0.6) is 0 Å². The summed E-state index contributed by atoms with van der Waals surface area (Å²) in [6, 6.07) is 2.34. The number of carboxylic acids is 1. The van der Waals surface area contributed by atoms with Gasteiger partial charge in [0.2, 0.25) is 10.0 Å². The van der Waals surface area contributed by atoms with Crippen LogP contribution in [0.2, 0.25) is 10.0 Å². The van der Waals surface area contributed by atoms with Crippen molar-refractivity contribution in [3.63, 3.8) is 0 Å². The fraction of sp³-hybridized carbons (Fsp3) is 0.462. The molecule has 5 nitrogen and oxygen atoms in total. The molecule has 21 heavy (non-hydrogen) atoms. The fourth-order valence-corrected chi connectivity index (χ4v) is 4.52. The van der Waals surface area contributed by atoms with E-state index in [1.807, 2.05) is 6.92 Å². The largest absolute Gasteiger partial charge is 0.478 e. The Morgan fingerprint density at radius 1 is 1.43 bits per heavy atom. The lowest BCUT2D eigenvalue weighted by atomic mass is 10.2. The van der Waals surface area contributed by atoms with E-state index in [0.717, 1.165) is 19.3 Å². The van der Waals surface area contributed by atoms with Crippen LogP contribution in [0.15, 0.2) is 17.0 Å². The summed E-state index contributed by atoms with van der Waals surface area (Å²) >= 11 is 11.7. The minimum atomic E-state index is -3.86. The van der Waals surface area contributed by atoms with Crippen LogP contribution in [0.3, 0.4) is 0 Å². The SMILES string of the molecule is CCCC1CC1NS(=O)(=O)c1ccc(Cl)c(C(=O)O)c1Cl. The van der Waals surface area contributed by atoms with Crippen molar-refractivity contribution in [3.8, 4) is 0 Å². The van der Waals surface area contributed by atoms with Crippen LogP contribution in [0.25, 0.3) is 0 Å². The van der Waals surface area contributed by atoms with Gasteiger partial charge in [-0.1, -0.05) is 36.5 Å². The molecule has 116 valence electrons. The van der Waals surface area contributed by atoms with Gasteiger partial charge in [0, 0.05) is 6.04 Å². The van der Waals surface area contributed by atoms with Gasteiger partial charge in [0.05, 0.1) is 15.6 Å². The van der Waals surface area contributed by atoms with Gasteiger partial charge in [-0.3, -0.25) is 0 Å². The second kappa shape index (κ2) is 6.12. The van der Waals surface area contributed by atoms with E-state index in [9.17, 15) is 13.2 Å². The first-order valence-corrected chi connectivity index (χ1v) is 8.75. The Kier molecular flexibility index (Phi) is 4.82. The Morgan fingerprint density at radius 2 is 2.10 bits per heavy atom. The normalized spacial score (nSPS) is 21.3. The van der Waals surface area contributed by atoms with Gasteiger partial charge < -0.3 is 5.11 Å². The zero-order valence-electron chi connectivity index (χ0n) is 11.3. The van der Waals surface area contributed by atoms with E-state index >= 15 is 0 Å². The number of nitrogens with one attached hydrogen (secondary N) is 1. The highest BCUT2D eigenvalue weighted by molar-refractivity contribution is 7.89. The molecule has 2 unspecified atom stereocenters. The lowest BCUT2D eigenvalue weighted by molar-refractivity contribution is 0.0697. The summed E-state index contributed by atoms with van der Waals surface area (Å²) in [6.07, 6.45) is 2.75. The number of carboxylic acid groups (broad SMARTS) is 1. The summed E-state index contributed by atoms with van der Waals surface area (Å²) in [4.78, 5) is 10.9. The third-order valence-electron chi connectivity index (χ3n) is 3.45. The van der Waals surface area contributed by atoms with Crippen molar-refractivity contribution < 1.29 is 18.3 Å². The number of carbonyl (C=O) groups is 1. The van der Waals surface area contributed by atoms with Crippen LogP contribution in [0.1, 0.15) is 36.5 Å². The molecule has 0 aromatic heterocycles. The molecule has 2 rings (SSSR count). The Labute approximate surface area is 133 Å². The van der Waals surface area contributed by atoms with Crippen LogP contribution in [0.4, 0.5) is 0 Å². The molecule has 0 saturated heterocycles. The van der Waals surface area contributed by atoms with Crippen LogP contribution in [0, 0.1) is 5.92 Å². The number of hydrogen-bond acceptors (Lipinski definition) is 3. The molecule has 1 fully saturated rings. The zero-order chi connectivity index (χ0) is 15.8. The first-order chi connectivity index (χ1) is 9.77. The lowest BCUT2D eigenvalue weighted by Gasteiger charge is -2.10. The van der Waals surface area contributed by atoms with E-state index < -0.39 is 21.6 Å². The van der Waals surface area contributed by atoms with E-state index in [0.29, 0.717) is 5.92 Å². The lowest BCUT2D eigenvalue weighted by Crippen LogP contribution is -2.27. The molecule has 8 heteroatoms. The smallest absolute Gasteiger partial charge is 0.338 e. The van der Waals surface area contributed by atoms with Gasteiger partial charge >= 0.3 is 5.97 Å². The van der Waals surface area contributed by atoms with Gasteiger partial charge in [-0.15, -0.1) is 0 Å². The summed E-state index contributed by atoms with van der Waals surface area (Å²) in [5.74, 6) is -1.02. The van der Waals surface area contributed by atoms with E-state index in [4.69, 9.17) is 28.3 Å². The highest BCUT2D eigenvalue weighted by Crippen LogP contribution is 2.37. The van der Waals surface area contributed by atoms with Crippen molar-refractivity contribution >= 4 is 39.2 Å². The van der Waals surface area contributed by atoms with Gasteiger partial charge in [-0.25, -0.2) is 17.9 Å². The Morgan fingerprint density at radius 3 is 2.67 bits per heavy atom. The molecule has 0 heterocycles. The number of halogens is 2. The molecule has 1 aromatic rings. The molecule has 0 bridgehead atoms. The van der Waals surface area contributed by atoms with Gasteiger partial charge in [-0.2, -0.15) is 0 Å². The molecule has 1 saturated carbocycles. The summed E-state index contributed by atoms with van der Waals surface area (Å²) < 4.78 is 27.2. The topological polar surface area (TPSA) is 83.5 Å². The molecule has 0 aliphatic heterocycles. The van der Waals surface area contributed by atoms with Crippen LogP contribution >= 0.6 is 23.2 Å². The Bertz CT molecular complexity index is 675. The van der Waals surface area contributed by atoms with Gasteiger partial charge in [0.25, 0.3) is 0 Å². The number of hydrogen-bond donors (Lipinski definition) is 2. The van der Waals surface area contributed by atoms with Gasteiger partial charge in [0.15, 0.2) is 0 Å². The maximum absolute atomic E-state index is 12.3. The average molecular weight is 352 g/mol. The van der Waals surface area contributed by atoms with E-state index in [2.05, 4.69) is 4.72 Å². The maximum Gasteiger partial charge on any atom is 0.338 e. The fourth-order valence-electron chi connectivity index (χ4n) is 2.28. The van der Waals surface area contributed by atoms with Crippen LogP contribution < -0.4 is 4.72 Å². The molecule has 1 aliphatic rings. The van der Waals surface area contributed by atoms with Gasteiger partial charge in [0.1, 0.15) is 4.90 Å². The predicted molar refractivity (Wildman–Crippen MR) is 80.5 cm³/mol. The summed E-state index contributed by atoms with van der Waals surface area (Å²) in [5.41, 5.74) is -0.401. The van der Waals surface area contributed by atoms with Crippen molar-refractivity contribution in [3.05, 3.63) is 27.7 Å². The Hall–Kier alpha value is -0.820. The highest BCUT2D eigenvalue weighted by Gasteiger charge is 2.40. The third kappa shape index (κ3) is 3.51. The van der Waals surface area contributed by atoms with Crippen molar-refractivity contribution in [1.82, 2.24) is 4.72 Å². The van der Waals surface area contributed by atoms with Crippen LogP contribution in [-0.4, -0.2) is 25.5 Å². The molecule has 1 aliphatic carbocycles. The second-order valence-corrected chi connectivity index (χ2v) is 7.52. The third-order valence-corrected chi connectivity index (χ3v) is 5.80. The standard InChI is InChI=1S/C13H15Cl2NO4S/c1-2-3-7-6-9(7)16-21(19,20)10-5-4-8(14)11(12(10)15)13(17)18/h4-5,7,9,16H,2-3,6H2,1H3,(H,17,18). The molecule has 0 radical (unpaired) electrons. The molecule has 0 amide bonds. The average Bonchev–Trinajstić information content (AvgIpc) is 3.05. The monoisotopic (exact) mass is 351 g/mol. The summed E-state index contributed by atoms with van der Waals surface area (Å²) in [6.45, 7) is 2.04. The highest BCUT2D eigenvalue weighted by atomic mass is 35.5. The van der Waals surface area contributed by atoms with Crippen molar-refractivity contribution in [1.29, 1.82) is 0 Å². The minimum Gasteiger partial charge on any atom is -0.478 e. The molecule has 1 aromatic carbocycles. The minimum absolute atomic E-state index is 0.0956. The molecule has 0 spiro atoms. The van der Waals surface area contributed by atoms with E-state index in [1.165, 1.54) is 12.1 Å². The first-order valence-electron chi connectivity index (χ1n) is 6.51. The zero-order valence-corrected chi connectivity index (χ0v) is 13.6. The number of aromatic carboxylic acids is 1. The molecular weight excluding hydrogens is 337 g/mol. The second-order valence-electron chi connectivity index (χ2n) is 5.05. The van der Waals surface area contributed by atoms with Crippen molar-refractivity contribution in [2.75, 3.05) is 0 Å². The Balaban J connectivity index is 2.29. The summed E-state index contributed by atoms with van der Waals surface area (Å²) in [7, 11) is -3.86. The maximum atomic E-state index is 12.3. The number of rotatable bonds is 6. The van der Waals surface area contributed by atoms with Crippen molar-refractivity contribution in [2.45, 2.75) is 37.1 Å². The number of benzene rings is 1. The summed E-state index contributed by atoms with van der Waals surface area (Å²) in [5, 5.41) is 8.60. The van der Waals surface area contributed by atoms with Crippen molar-refractivity contribution in [2.24, 2.45) is 5.92 Å². The molecule has 2 atom stereocenters. The molecule has 2 N–H and O–H groups in total.